The van der Waals surface area contributed by atoms with Gasteiger partial charge in [0.2, 0.25) is 5.91 Å². The van der Waals surface area contributed by atoms with E-state index >= 15 is 0 Å². The zero-order chi connectivity index (χ0) is 24.9. The highest BCUT2D eigenvalue weighted by molar-refractivity contribution is 8.18. The second-order valence-electron chi connectivity index (χ2n) is 8.58. The van der Waals surface area contributed by atoms with Crippen molar-refractivity contribution in [2.24, 2.45) is 0 Å². The quantitative estimate of drug-likeness (QED) is 0.487. The third-order valence-electron chi connectivity index (χ3n) is 6.12. The number of carbonyl (C=O) groups excluding carboxylic acids is 3. The van der Waals surface area contributed by atoms with Crippen LogP contribution in [0.2, 0.25) is 0 Å². The van der Waals surface area contributed by atoms with Gasteiger partial charge in [0, 0.05) is 13.1 Å². The molecule has 35 heavy (non-hydrogen) atoms. The van der Waals surface area contributed by atoms with Crippen LogP contribution in [0.3, 0.4) is 0 Å². The molecule has 0 unspecified atom stereocenters. The summed E-state index contributed by atoms with van der Waals surface area (Å²) in [4.78, 5) is 41.5. The summed E-state index contributed by atoms with van der Waals surface area (Å²) < 4.78 is 11.7. The van der Waals surface area contributed by atoms with Crippen LogP contribution in [0.25, 0.3) is 6.08 Å². The van der Waals surface area contributed by atoms with Crippen molar-refractivity contribution < 1.29 is 23.9 Å². The standard InChI is InChI=1S/C27H30N2O5S/c1-4-18(3)34-22-11-10-19(14-23(22)33-5-2)15-24-26(31)29(27(32)35-24)17-25(30)28-13-12-20-8-6-7-9-21(20)16-28/h6-11,14-15,18H,4-5,12-13,16-17H2,1-3H3/b24-15+/t18-/m1/s1. The van der Waals surface area contributed by atoms with Gasteiger partial charge in [-0.05, 0) is 73.4 Å². The Morgan fingerprint density at radius 2 is 1.89 bits per heavy atom. The lowest BCUT2D eigenvalue weighted by molar-refractivity contribution is -0.136. The number of amides is 3. The van der Waals surface area contributed by atoms with Crippen molar-refractivity contribution in [1.29, 1.82) is 0 Å². The van der Waals surface area contributed by atoms with Gasteiger partial charge < -0.3 is 14.4 Å². The van der Waals surface area contributed by atoms with Crippen molar-refractivity contribution in [3.05, 3.63) is 64.1 Å². The molecule has 184 valence electrons. The van der Waals surface area contributed by atoms with Crippen molar-refractivity contribution in [2.75, 3.05) is 19.7 Å². The summed E-state index contributed by atoms with van der Waals surface area (Å²) in [5.41, 5.74) is 3.05. The first-order valence-corrected chi connectivity index (χ1v) is 12.7. The fraction of sp³-hybridized carbons (Fsp3) is 0.370. The van der Waals surface area contributed by atoms with E-state index in [1.54, 1.807) is 17.0 Å². The second kappa shape index (κ2) is 11.0. The Hall–Kier alpha value is -3.26. The molecule has 2 aromatic rings. The predicted molar refractivity (Wildman–Crippen MR) is 136 cm³/mol. The highest BCUT2D eigenvalue weighted by Gasteiger charge is 2.37. The van der Waals surface area contributed by atoms with Gasteiger partial charge in [-0.15, -0.1) is 0 Å². The van der Waals surface area contributed by atoms with Crippen LogP contribution in [-0.2, 0) is 22.6 Å². The summed E-state index contributed by atoms with van der Waals surface area (Å²) in [6.07, 6.45) is 3.33. The maximum absolute atomic E-state index is 13.0. The van der Waals surface area contributed by atoms with E-state index in [0.29, 0.717) is 31.2 Å². The smallest absolute Gasteiger partial charge is 0.294 e. The maximum Gasteiger partial charge on any atom is 0.294 e. The summed E-state index contributed by atoms with van der Waals surface area (Å²) in [6, 6.07) is 13.5. The molecule has 1 atom stereocenters. The van der Waals surface area contributed by atoms with Gasteiger partial charge in [-0.2, -0.15) is 0 Å². The van der Waals surface area contributed by atoms with Crippen molar-refractivity contribution in [2.45, 2.75) is 46.3 Å². The van der Waals surface area contributed by atoms with Crippen LogP contribution in [-0.4, -0.2) is 52.7 Å². The molecule has 4 rings (SSSR count). The number of rotatable bonds is 8. The van der Waals surface area contributed by atoms with E-state index in [2.05, 4.69) is 6.07 Å². The van der Waals surface area contributed by atoms with E-state index < -0.39 is 11.1 Å². The fourth-order valence-electron chi connectivity index (χ4n) is 4.01. The van der Waals surface area contributed by atoms with Gasteiger partial charge in [-0.25, -0.2) is 0 Å². The molecule has 8 heteroatoms. The van der Waals surface area contributed by atoms with Crippen LogP contribution in [0.5, 0.6) is 11.5 Å². The molecule has 0 N–H and O–H groups in total. The highest BCUT2D eigenvalue weighted by atomic mass is 32.2. The molecule has 0 aliphatic carbocycles. The lowest BCUT2D eigenvalue weighted by Gasteiger charge is -2.29. The normalized spacial score (nSPS) is 17.5. The molecule has 0 radical (unpaired) electrons. The SMILES string of the molecule is CCOc1cc(/C=C2/SC(=O)N(CC(=O)N3CCc4ccccc4C3)C2=O)ccc1O[C@H](C)CC. The molecule has 7 nitrogen and oxygen atoms in total. The Kier molecular flexibility index (Phi) is 7.80. The van der Waals surface area contributed by atoms with E-state index in [-0.39, 0.29) is 23.5 Å². The monoisotopic (exact) mass is 494 g/mol. The Morgan fingerprint density at radius 3 is 2.63 bits per heavy atom. The average molecular weight is 495 g/mol. The topological polar surface area (TPSA) is 76.2 Å². The number of carbonyl (C=O) groups is 3. The van der Waals surface area contributed by atoms with Crippen LogP contribution < -0.4 is 9.47 Å². The molecule has 1 fully saturated rings. The van der Waals surface area contributed by atoms with Gasteiger partial charge in [0.15, 0.2) is 11.5 Å². The predicted octanol–water partition coefficient (Wildman–Crippen LogP) is 4.88. The van der Waals surface area contributed by atoms with Crippen LogP contribution in [0.1, 0.15) is 43.9 Å². The van der Waals surface area contributed by atoms with Gasteiger partial charge in [0.05, 0.1) is 17.6 Å². The maximum atomic E-state index is 13.0. The van der Waals surface area contributed by atoms with E-state index in [0.717, 1.165) is 40.6 Å². The average Bonchev–Trinajstić information content (AvgIpc) is 3.12. The zero-order valence-corrected chi connectivity index (χ0v) is 21.1. The first-order chi connectivity index (χ1) is 16.9. The van der Waals surface area contributed by atoms with Crippen molar-refractivity contribution >= 4 is 34.9 Å². The molecular weight excluding hydrogens is 464 g/mol. The summed E-state index contributed by atoms with van der Waals surface area (Å²) >= 11 is 0.847. The second-order valence-corrected chi connectivity index (χ2v) is 9.57. The molecule has 0 aromatic heterocycles. The van der Waals surface area contributed by atoms with Crippen molar-refractivity contribution in [3.8, 4) is 11.5 Å². The molecule has 0 bridgehead atoms. The molecule has 0 saturated carbocycles. The Labute approximate surface area is 210 Å². The Morgan fingerprint density at radius 1 is 1.11 bits per heavy atom. The molecule has 2 aromatic carbocycles. The van der Waals surface area contributed by atoms with Crippen LogP contribution in [0.15, 0.2) is 47.4 Å². The third kappa shape index (κ3) is 5.70. The first kappa shape index (κ1) is 24.9. The molecule has 2 aliphatic rings. The van der Waals surface area contributed by atoms with Gasteiger partial charge in [-0.1, -0.05) is 37.3 Å². The molecule has 2 aliphatic heterocycles. The number of benzene rings is 2. The Balaban J connectivity index is 1.46. The number of ether oxygens (including phenoxy) is 2. The highest BCUT2D eigenvalue weighted by Crippen LogP contribution is 2.35. The van der Waals surface area contributed by atoms with Crippen LogP contribution >= 0.6 is 11.8 Å². The van der Waals surface area contributed by atoms with Gasteiger partial charge in [0.1, 0.15) is 6.54 Å². The summed E-state index contributed by atoms with van der Waals surface area (Å²) in [5, 5.41) is -0.436. The van der Waals surface area contributed by atoms with Crippen LogP contribution in [0.4, 0.5) is 4.79 Å². The summed E-state index contributed by atoms with van der Waals surface area (Å²) in [6.45, 7) is 7.21. The van der Waals surface area contributed by atoms with Gasteiger partial charge >= 0.3 is 0 Å². The molecule has 3 amide bonds. The lowest BCUT2D eigenvalue weighted by Crippen LogP contribution is -2.44. The Bertz CT molecular complexity index is 1160. The van der Waals surface area contributed by atoms with Crippen molar-refractivity contribution in [3.63, 3.8) is 0 Å². The van der Waals surface area contributed by atoms with E-state index in [1.165, 1.54) is 5.56 Å². The number of nitrogens with zero attached hydrogens (tertiary/aromatic N) is 2. The summed E-state index contributed by atoms with van der Waals surface area (Å²) in [5.74, 6) is 0.540. The number of hydrogen-bond acceptors (Lipinski definition) is 6. The zero-order valence-electron chi connectivity index (χ0n) is 20.3. The molecule has 0 spiro atoms. The molecular formula is C27H30N2O5S. The number of fused-ring (bicyclic) bond motifs is 1. The fourth-order valence-corrected chi connectivity index (χ4v) is 4.85. The number of thioether (sulfide) groups is 1. The molecule has 1 saturated heterocycles. The first-order valence-electron chi connectivity index (χ1n) is 11.9. The van der Waals surface area contributed by atoms with Crippen LogP contribution in [0, 0.1) is 0 Å². The van der Waals surface area contributed by atoms with Crippen molar-refractivity contribution in [1.82, 2.24) is 9.80 Å². The van der Waals surface area contributed by atoms with E-state index in [9.17, 15) is 14.4 Å². The van der Waals surface area contributed by atoms with Gasteiger partial charge in [-0.3, -0.25) is 19.3 Å². The minimum absolute atomic E-state index is 0.0440. The van der Waals surface area contributed by atoms with E-state index in [1.807, 2.05) is 51.1 Å². The largest absolute Gasteiger partial charge is 0.490 e. The third-order valence-corrected chi connectivity index (χ3v) is 7.03. The summed E-state index contributed by atoms with van der Waals surface area (Å²) in [7, 11) is 0. The number of hydrogen-bond donors (Lipinski definition) is 0. The lowest BCUT2D eigenvalue weighted by atomic mass is 10.00. The van der Waals surface area contributed by atoms with Gasteiger partial charge in [0.25, 0.3) is 11.1 Å². The van der Waals surface area contributed by atoms with E-state index in [4.69, 9.17) is 9.47 Å². The minimum atomic E-state index is -0.455. The number of imide groups is 1. The molecule has 2 heterocycles. The minimum Gasteiger partial charge on any atom is -0.490 e.